The van der Waals surface area contributed by atoms with Gasteiger partial charge in [-0.1, -0.05) is 84.9 Å². The second kappa shape index (κ2) is 6.76. The van der Waals surface area contributed by atoms with Crippen LogP contribution in [-0.4, -0.2) is 7.11 Å². The second-order valence-electron chi connectivity index (χ2n) is 6.37. The molecule has 3 nitrogen and oxygen atoms in total. The first-order valence-electron chi connectivity index (χ1n) is 8.61. The minimum Gasteiger partial charge on any atom is -0.352 e. The Balaban J connectivity index is 2.02. The van der Waals surface area contributed by atoms with Crippen LogP contribution in [0.2, 0.25) is 0 Å². The Hall–Kier alpha value is -2.93. The number of methoxy groups -OCH3 is 1. The third-order valence-electron chi connectivity index (χ3n) is 4.98. The first-order valence-corrected chi connectivity index (χ1v) is 8.61. The maximum atomic E-state index is 10.3. The van der Waals surface area contributed by atoms with Crippen molar-refractivity contribution in [3.05, 3.63) is 107 Å². The first kappa shape index (κ1) is 16.5. The van der Waals surface area contributed by atoms with Gasteiger partial charge in [-0.05, 0) is 16.7 Å². The van der Waals surface area contributed by atoms with Crippen LogP contribution in [0.4, 0.5) is 0 Å². The first-order chi connectivity index (χ1) is 12.8. The summed E-state index contributed by atoms with van der Waals surface area (Å²) in [4.78, 5) is 0. The smallest absolute Gasteiger partial charge is 0.193 e. The van der Waals surface area contributed by atoms with Gasteiger partial charge in [0.2, 0.25) is 0 Å². The van der Waals surface area contributed by atoms with Gasteiger partial charge in [-0.2, -0.15) is 5.26 Å². The monoisotopic (exact) mass is 341 g/mol. The summed E-state index contributed by atoms with van der Waals surface area (Å²) in [5, 5.41) is 10.3. The van der Waals surface area contributed by atoms with Gasteiger partial charge in [0.25, 0.3) is 0 Å². The van der Waals surface area contributed by atoms with E-state index in [1.165, 1.54) is 0 Å². The van der Waals surface area contributed by atoms with Gasteiger partial charge in [0, 0.05) is 12.7 Å². The van der Waals surface area contributed by atoms with Gasteiger partial charge in [0.1, 0.15) is 6.07 Å². The molecule has 0 saturated heterocycles. The minimum absolute atomic E-state index is 0.251. The van der Waals surface area contributed by atoms with Crippen LogP contribution in [0.3, 0.4) is 0 Å². The molecular formula is C23H19NO2. The van der Waals surface area contributed by atoms with E-state index < -0.39 is 11.9 Å². The van der Waals surface area contributed by atoms with E-state index in [0.29, 0.717) is 0 Å². The summed E-state index contributed by atoms with van der Waals surface area (Å²) in [5.41, 5.74) is 2.72. The van der Waals surface area contributed by atoms with Crippen LogP contribution < -0.4 is 0 Å². The van der Waals surface area contributed by atoms with E-state index >= 15 is 0 Å². The summed E-state index contributed by atoms with van der Waals surface area (Å²) in [6, 6.07) is 30.3. The molecule has 0 amide bonds. The molecule has 3 atom stereocenters. The van der Waals surface area contributed by atoms with E-state index in [9.17, 15) is 5.26 Å². The predicted octanol–water partition coefficient (Wildman–Crippen LogP) is 4.91. The summed E-state index contributed by atoms with van der Waals surface area (Å²) in [6.07, 6.45) is -0.592. The molecular weight excluding hydrogens is 322 g/mol. The fourth-order valence-corrected chi connectivity index (χ4v) is 3.82. The average molecular weight is 341 g/mol. The van der Waals surface area contributed by atoms with Crippen LogP contribution >= 0.6 is 0 Å². The molecule has 1 aliphatic rings. The van der Waals surface area contributed by atoms with Crippen LogP contribution in [0.15, 0.2) is 84.9 Å². The molecule has 0 radical (unpaired) electrons. The Kier molecular flexibility index (Phi) is 4.30. The van der Waals surface area contributed by atoms with E-state index in [0.717, 1.165) is 22.3 Å². The van der Waals surface area contributed by atoms with Crippen LogP contribution in [0.1, 0.15) is 34.5 Å². The normalized spacial score (nSPS) is 24.5. The highest BCUT2D eigenvalue weighted by atomic mass is 16.7. The predicted molar refractivity (Wildman–Crippen MR) is 99.3 cm³/mol. The van der Waals surface area contributed by atoms with Crippen LogP contribution in [0, 0.1) is 11.3 Å². The molecule has 0 aliphatic carbocycles. The Bertz CT molecular complexity index is 933. The molecule has 0 fully saturated rings. The zero-order valence-electron chi connectivity index (χ0n) is 14.5. The number of ether oxygens (including phenoxy) is 2. The number of nitriles is 1. The third kappa shape index (κ3) is 2.52. The Labute approximate surface area is 153 Å². The fraction of sp³-hybridized carbons (Fsp3) is 0.174. The molecule has 1 aliphatic heterocycles. The van der Waals surface area contributed by atoms with Gasteiger partial charge in [-0.15, -0.1) is 0 Å². The molecule has 3 heteroatoms. The van der Waals surface area contributed by atoms with E-state index in [2.05, 4.69) is 12.1 Å². The fourth-order valence-electron chi connectivity index (χ4n) is 3.82. The van der Waals surface area contributed by atoms with Gasteiger partial charge in [0.05, 0.1) is 5.92 Å². The van der Waals surface area contributed by atoms with Crippen molar-refractivity contribution in [3.63, 3.8) is 0 Å². The topological polar surface area (TPSA) is 42.2 Å². The van der Waals surface area contributed by atoms with Crippen LogP contribution in [0.5, 0.6) is 0 Å². The van der Waals surface area contributed by atoms with Crippen molar-refractivity contribution in [2.75, 3.05) is 7.11 Å². The van der Waals surface area contributed by atoms with Crippen molar-refractivity contribution in [2.45, 2.75) is 17.8 Å². The van der Waals surface area contributed by atoms with Crippen molar-refractivity contribution in [2.24, 2.45) is 0 Å². The zero-order chi connectivity index (χ0) is 18.0. The SMILES string of the molecule is CO[C@H]1O[C@](C#N)(c2ccccc2)[C@@H](c2ccccc2)c2ccccc21. The van der Waals surface area contributed by atoms with Crippen molar-refractivity contribution < 1.29 is 9.47 Å². The van der Waals surface area contributed by atoms with Gasteiger partial charge < -0.3 is 9.47 Å². The van der Waals surface area contributed by atoms with E-state index in [-0.39, 0.29) is 5.92 Å². The molecule has 0 spiro atoms. The number of nitrogens with zero attached hydrogens (tertiary/aromatic N) is 1. The molecule has 0 unspecified atom stereocenters. The quantitative estimate of drug-likeness (QED) is 0.679. The third-order valence-corrected chi connectivity index (χ3v) is 4.98. The lowest BCUT2D eigenvalue weighted by Crippen LogP contribution is -2.42. The van der Waals surface area contributed by atoms with Gasteiger partial charge in [-0.3, -0.25) is 0 Å². The van der Waals surface area contributed by atoms with Crippen LogP contribution in [-0.2, 0) is 15.1 Å². The average Bonchev–Trinajstić information content (AvgIpc) is 2.73. The summed E-state index contributed by atoms with van der Waals surface area (Å²) >= 11 is 0. The number of hydrogen-bond acceptors (Lipinski definition) is 3. The second-order valence-corrected chi connectivity index (χ2v) is 6.37. The summed E-state index contributed by atoms with van der Waals surface area (Å²) in [7, 11) is 1.61. The highest BCUT2D eigenvalue weighted by Crippen LogP contribution is 2.52. The number of rotatable bonds is 3. The number of fused-ring (bicyclic) bond motifs is 1. The molecule has 0 bridgehead atoms. The standard InChI is InChI=1S/C23H19NO2/c1-25-22-20-15-9-8-14-19(20)21(17-10-4-2-5-11-17)23(16-24,26-22)18-12-6-3-7-13-18/h2-15,21-22H,1H3/t21-,22-,23+/m0/s1. The largest absolute Gasteiger partial charge is 0.352 e. The van der Waals surface area contributed by atoms with Crippen molar-refractivity contribution in [1.29, 1.82) is 5.26 Å². The molecule has 0 N–H and O–H groups in total. The molecule has 3 aromatic rings. The van der Waals surface area contributed by atoms with E-state index in [1.54, 1.807) is 7.11 Å². The van der Waals surface area contributed by atoms with Crippen molar-refractivity contribution in [3.8, 4) is 6.07 Å². The Morgan fingerprint density at radius 3 is 2.04 bits per heavy atom. The molecule has 3 aromatic carbocycles. The lowest BCUT2D eigenvalue weighted by molar-refractivity contribution is -0.204. The van der Waals surface area contributed by atoms with Gasteiger partial charge in [-0.25, -0.2) is 0 Å². The number of hydrogen-bond donors (Lipinski definition) is 0. The lowest BCUT2D eigenvalue weighted by atomic mass is 9.71. The number of benzene rings is 3. The van der Waals surface area contributed by atoms with Crippen molar-refractivity contribution >= 4 is 0 Å². The minimum atomic E-state index is -1.17. The Morgan fingerprint density at radius 2 is 1.42 bits per heavy atom. The van der Waals surface area contributed by atoms with Gasteiger partial charge >= 0.3 is 0 Å². The molecule has 0 aromatic heterocycles. The van der Waals surface area contributed by atoms with Crippen molar-refractivity contribution in [1.82, 2.24) is 0 Å². The highest BCUT2D eigenvalue weighted by Gasteiger charge is 2.50. The molecule has 4 rings (SSSR count). The summed E-state index contributed by atoms with van der Waals surface area (Å²) < 4.78 is 12.0. The maximum Gasteiger partial charge on any atom is 0.193 e. The lowest BCUT2D eigenvalue weighted by Gasteiger charge is -2.43. The zero-order valence-corrected chi connectivity index (χ0v) is 14.5. The molecule has 1 heterocycles. The molecule has 128 valence electrons. The van der Waals surface area contributed by atoms with E-state index in [1.807, 2.05) is 78.9 Å². The molecule has 0 saturated carbocycles. The maximum absolute atomic E-state index is 10.3. The highest BCUT2D eigenvalue weighted by molar-refractivity contribution is 5.49. The molecule has 26 heavy (non-hydrogen) atoms. The Morgan fingerprint density at radius 1 is 0.846 bits per heavy atom. The summed E-state index contributed by atoms with van der Waals surface area (Å²) in [5.74, 6) is -0.251. The summed E-state index contributed by atoms with van der Waals surface area (Å²) in [6.45, 7) is 0. The van der Waals surface area contributed by atoms with Gasteiger partial charge in [0.15, 0.2) is 11.9 Å². The van der Waals surface area contributed by atoms with E-state index in [4.69, 9.17) is 9.47 Å². The van der Waals surface area contributed by atoms with Crippen LogP contribution in [0.25, 0.3) is 0 Å².